The molecule has 0 aliphatic heterocycles. The number of carbonyl (C=O) groups excluding carboxylic acids is 1. The van der Waals surface area contributed by atoms with Crippen LogP contribution in [0.2, 0.25) is 5.02 Å². The molecular formula is C20H17ClN4O6. The van der Waals surface area contributed by atoms with Gasteiger partial charge in [-0.2, -0.15) is 5.10 Å². The first-order valence-corrected chi connectivity index (χ1v) is 9.33. The number of carbonyl (C=O) groups is 2. The molecule has 31 heavy (non-hydrogen) atoms. The Bertz CT molecular complexity index is 1180. The van der Waals surface area contributed by atoms with Gasteiger partial charge in [0, 0.05) is 23.4 Å². The third-order valence-corrected chi connectivity index (χ3v) is 4.58. The minimum atomic E-state index is -1.10. The Morgan fingerprint density at radius 3 is 2.68 bits per heavy atom. The van der Waals surface area contributed by atoms with Gasteiger partial charge < -0.3 is 15.2 Å². The van der Waals surface area contributed by atoms with E-state index >= 15 is 0 Å². The van der Waals surface area contributed by atoms with Crippen molar-refractivity contribution in [2.75, 3.05) is 5.32 Å². The second kappa shape index (κ2) is 8.84. The van der Waals surface area contributed by atoms with E-state index in [1.807, 2.05) is 0 Å². The van der Waals surface area contributed by atoms with E-state index in [1.165, 1.54) is 37.5 Å². The van der Waals surface area contributed by atoms with Crippen molar-refractivity contribution in [2.24, 2.45) is 0 Å². The van der Waals surface area contributed by atoms with Crippen LogP contribution in [-0.2, 0) is 4.79 Å². The van der Waals surface area contributed by atoms with Crippen molar-refractivity contribution in [3.63, 3.8) is 0 Å². The van der Waals surface area contributed by atoms with Crippen LogP contribution in [0.5, 0.6) is 11.5 Å². The average Bonchev–Trinajstić information content (AvgIpc) is 3.19. The van der Waals surface area contributed by atoms with Crippen molar-refractivity contribution in [3.05, 3.63) is 75.1 Å². The molecule has 3 rings (SSSR count). The van der Waals surface area contributed by atoms with E-state index in [0.29, 0.717) is 10.8 Å². The lowest BCUT2D eigenvalue weighted by Gasteiger charge is -2.11. The van der Waals surface area contributed by atoms with E-state index in [9.17, 15) is 19.7 Å². The molecule has 11 heteroatoms. The number of aliphatic carboxylic acids is 1. The van der Waals surface area contributed by atoms with E-state index < -0.39 is 22.8 Å². The number of amides is 1. The number of anilines is 1. The molecule has 1 heterocycles. The highest BCUT2D eigenvalue weighted by atomic mass is 35.5. The number of non-ortho nitro benzene ring substituents is 1. The zero-order valence-corrected chi connectivity index (χ0v) is 17.2. The molecule has 0 fully saturated rings. The first kappa shape index (κ1) is 21.8. The van der Waals surface area contributed by atoms with Gasteiger partial charge in [0.15, 0.2) is 0 Å². The number of nitrogens with zero attached hydrogens (tertiary/aromatic N) is 3. The van der Waals surface area contributed by atoms with Crippen LogP contribution in [-0.4, -0.2) is 31.7 Å². The van der Waals surface area contributed by atoms with Gasteiger partial charge in [-0.3, -0.25) is 19.6 Å². The van der Waals surface area contributed by atoms with E-state index in [-0.39, 0.29) is 22.7 Å². The molecule has 0 aliphatic carbocycles. The number of ether oxygens (including phenoxy) is 1. The second-order valence-corrected chi connectivity index (χ2v) is 7.10. The molecule has 1 unspecified atom stereocenters. The Labute approximate surface area is 181 Å². The summed E-state index contributed by atoms with van der Waals surface area (Å²) in [5.41, 5.74) is 0.662. The molecule has 2 N–H and O–H groups in total. The van der Waals surface area contributed by atoms with Crippen LogP contribution in [0.4, 0.5) is 11.4 Å². The fourth-order valence-electron chi connectivity index (χ4n) is 2.66. The van der Waals surface area contributed by atoms with Crippen molar-refractivity contribution >= 4 is 34.9 Å². The number of carboxylic acids is 1. The van der Waals surface area contributed by atoms with Crippen LogP contribution in [0.3, 0.4) is 0 Å². The highest BCUT2D eigenvalue weighted by molar-refractivity contribution is 6.30. The number of aryl methyl sites for hydroxylation is 1. The van der Waals surface area contributed by atoms with E-state index in [4.69, 9.17) is 21.4 Å². The Morgan fingerprint density at radius 2 is 2.03 bits per heavy atom. The summed E-state index contributed by atoms with van der Waals surface area (Å²) >= 11 is 5.93. The van der Waals surface area contributed by atoms with Gasteiger partial charge in [-0.25, -0.2) is 4.79 Å². The topological polar surface area (TPSA) is 137 Å². The van der Waals surface area contributed by atoms with Crippen LogP contribution in [0.15, 0.2) is 48.8 Å². The summed E-state index contributed by atoms with van der Waals surface area (Å²) in [5.74, 6) is -1.12. The Balaban J connectivity index is 1.86. The smallest absolute Gasteiger partial charge is 0.328 e. The number of benzene rings is 2. The molecule has 1 amide bonds. The molecule has 0 saturated carbocycles. The van der Waals surface area contributed by atoms with E-state index in [1.54, 1.807) is 25.1 Å². The van der Waals surface area contributed by atoms with Gasteiger partial charge >= 0.3 is 5.97 Å². The van der Waals surface area contributed by atoms with Crippen molar-refractivity contribution in [3.8, 4) is 11.5 Å². The molecular weight excluding hydrogens is 428 g/mol. The Kier molecular flexibility index (Phi) is 6.21. The molecule has 0 radical (unpaired) electrons. The monoisotopic (exact) mass is 444 g/mol. The highest BCUT2D eigenvalue weighted by Crippen LogP contribution is 2.32. The average molecular weight is 445 g/mol. The van der Waals surface area contributed by atoms with Crippen LogP contribution < -0.4 is 10.1 Å². The summed E-state index contributed by atoms with van der Waals surface area (Å²) < 4.78 is 6.88. The largest absolute Gasteiger partial charge is 0.480 e. The fraction of sp³-hybridized carbons (Fsp3) is 0.150. The summed E-state index contributed by atoms with van der Waals surface area (Å²) in [4.78, 5) is 34.3. The molecule has 160 valence electrons. The zero-order chi connectivity index (χ0) is 22.7. The quantitative estimate of drug-likeness (QED) is 0.405. The first-order valence-electron chi connectivity index (χ1n) is 8.96. The van der Waals surface area contributed by atoms with Crippen molar-refractivity contribution in [1.29, 1.82) is 0 Å². The van der Waals surface area contributed by atoms with Gasteiger partial charge in [0.25, 0.3) is 11.6 Å². The minimum Gasteiger partial charge on any atom is -0.480 e. The van der Waals surface area contributed by atoms with Crippen LogP contribution in [0.1, 0.15) is 28.9 Å². The van der Waals surface area contributed by atoms with Crippen molar-refractivity contribution < 1.29 is 24.4 Å². The highest BCUT2D eigenvalue weighted by Gasteiger charge is 2.18. The molecule has 0 spiro atoms. The Hall–Kier alpha value is -3.92. The SMILES string of the molecule is Cc1cc(Cl)ccc1Oc1cc(NC(=O)c2cnn(C(C)C(=O)O)c2)cc([N+](=O)[O-])c1. The molecule has 1 atom stereocenters. The number of nitrogens with one attached hydrogen (secondary N) is 1. The number of aromatic nitrogens is 2. The molecule has 0 saturated heterocycles. The number of carboxylic acid groups (broad SMARTS) is 1. The van der Waals surface area contributed by atoms with Crippen LogP contribution >= 0.6 is 11.6 Å². The van der Waals surface area contributed by atoms with Gasteiger partial charge in [0.05, 0.1) is 28.4 Å². The lowest BCUT2D eigenvalue weighted by atomic mass is 10.2. The molecule has 0 aliphatic rings. The number of hydrogen-bond donors (Lipinski definition) is 2. The number of nitro groups is 1. The Morgan fingerprint density at radius 1 is 1.29 bits per heavy atom. The fourth-order valence-corrected chi connectivity index (χ4v) is 2.88. The van der Waals surface area contributed by atoms with Gasteiger partial charge in [-0.05, 0) is 37.6 Å². The summed E-state index contributed by atoms with van der Waals surface area (Å²) in [6, 6.07) is 7.84. The lowest BCUT2D eigenvalue weighted by Crippen LogP contribution is -2.16. The molecule has 10 nitrogen and oxygen atoms in total. The summed E-state index contributed by atoms with van der Waals surface area (Å²) in [7, 11) is 0. The predicted octanol–water partition coefficient (Wildman–Crippen LogP) is 4.44. The summed E-state index contributed by atoms with van der Waals surface area (Å²) in [6.07, 6.45) is 2.49. The molecule has 0 bridgehead atoms. The van der Waals surface area contributed by atoms with E-state index in [0.717, 1.165) is 10.2 Å². The normalized spacial score (nSPS) is 11.6. The summed E-state index contributed by atoms with van der Waals surface area (Å²) in [5, 5.41) is 27.3. The number of rotatable bonds is 7. The lowest BCUT2D eigenvalue weighted by molar-refractivity contribution is -0.384. The maximum atomic E-state index is 12.5. The summed E-state index contributed by atoms with van der Waals surface area (Å²) in [6.45, 7) is 3.19. The van der Waals surface area contributed by atoms with E-state index in [2.05, 4.69) is 10.4 Å². The van der Waals surface area contributed by atoms with Gasteiger partial charge in [-0.15, -0.1) is 0 Å². The van der Waals surface area contributed by atoms with Crippen LogP contribution in [0, 0.1) is 17.0 Å². The number of halogens is 1. The van der Waals surface area contributed by atoms with Gasteiger partial charge in [-0.1, -0.05) is 11.6 Å². The third-order valence-electron chi connectivity index (χ3n) is 4.34. The first-order chi connectivity index (χ1) is 14.6. The van der Waals surface area contributed by atoms with Crippen LogP contribution in [0.25, 0.3) is 0 Å². The molecule has 2 aromatic carbocycles. The van der Waals surface area contributed by atoms with Crippen molar-refractivity contribution in [2.45, 2.75) is 19.9 Å². The second-order valence-electron chi connectivity index (χ2n) is 6.66. The maximum absolute atomic E-state index is 12.5. The van der Waals surface area contributed by atoms with Gasteiger partial charge in [0.1, 0.15) is 17.5 Å². The van der Waals surface area contributed by atoms with Gasteiger partial charge in [0.2, 0.25) is 0 Å². The number of hydrogen-bond acceptors (Lipinski definition) is 6. The zero-order valence-electron chi connectivity index (χ0n) is 16.4. The maximum Gasteiger partial charge on any atom is 0.328 e. The third kappa shape index (κ3) is 5.17. The molecule has 3 aromatic rings. The van der Waals surface area contributed by atoms with Crippen molar-refractivity contribution in [1.82, 2.24) is 9.78 Å². The predicted molar refractivity (Wildman–Crippen MR) is 112 cm³/mol. The molecule has 1 aromatic heterocycles. The minimum absolute atomic E-state index is 0.0932. The standard InChI is InChI=1S/C20H17ClN4O6/c1-11-5-14(21)3-4-18(11)31-17-7-15(6-16(8-17)25(29)30)23-19(26)13-9-22-24(10-13)12(2)20(27)28/h3-10,12H,1-2H3,(H,23,26)(H,27,28). The number of nitro benzene ring substituents is 1.